The van der Waals surface area contributed by atoms with Crippen molar-refractivity contribution in [3.63, 3.8) is 0 Å². The van der Waals surface area contributed by atoms with E-state index in [1.807, 2.05) is 38.1 Å². The zero-order valence-electron chi connectivity index (χ0n) is 20.3. The predicted octanol–water partition coefficient (Wildman–Crippen LogP) is 4.78. The maximum Gasteiger partial charge on any atom is 0.340 e. The molecule has 9 heteroatoms. The van der Waals surface area contributed by atoms with Gasteiger partial charge in [0.15, 0.2) is 11.5 Å². The van der Waals surface area contributed by atoms with Crippen LogP contribution in [-0.4, -0.2) is 42.4 Å². The Morgan fingerprint density at radius 3 is 2.66 bits per heavy atom. The number of hydrogen-bond acceptors (Lipinski definition) is 6. The van der Waals surface area contributed by atoms with Crippen LogP contribution >= 0.6 is 0 Å². The molecule has 2 amide bonds. The number of carbonyl (C=O) groups excluding carboxylic acids is 2. The Morgan fingerprint density at radius 1 is 1.09 bits per heavy atom. The van der Waals surface area contributed by atoms with Gasteiger partial charge in [-0.3, -0.25) is 0 Å². The number of fused-ring (bicyclic) bond motifs is 1. The molecular weight excluding hydrogens is 450 g/mol. The lowest BCUT2D eigenvalue weighted by Crippen LogP contribution is -2.34. The van der Waals surface area contributed by atoms with Crippen LogP contribution in [0.15, 0.2) is 42.5 Å². The lowest BCUT2D eigenvalue weighted by Gasteiger charge is -2.24. The topological polar surface area (TPSA) is 102 Å². The molecule has 3 aromatic rings. The molecule has 0 atom stereocenters. The summed E-state index contributed by atoms with van der Waals surface area (Å²) in [6.45, 7) is 6.46. The number of methoxy groups -OCH3 is 1. The molecule has 0 spiro atoms. The number of ether oxygens (including phenoxy) is 4. The molecule has 1 aliphatic heterocycles. The van der Waals surface area contributed by atoms with Gasteiger partial charge in [0.2, 0.25) is 6.79 Å². The number of nitrogens with one attached hydrogen (secondary N) is 2. The summed E-state index contributed by atoms with van der Waals surface area (Å²) in [5.74, 6) is 1.58. The molecule has 184 valence electrons. The Morgan fingerprint density at radius 2 is 1.89 bits per heavy atom. The van der Waals surface area contributed by atoms with Crippen molar-refractivity contribution in [1.29, 1.82) is 0 Å². The van der Waals surface area contributed by atoms with Crippen molar-refractivity contribution in [2.45, 2.75) is 33.9 Å². The van der Waals surface area contributed by atoms with Crippen LogP contribution in [0.3, 0.4) is 0 Å². The minimum absolute atomic E-state index is 0.177. The van der Waals surface area contributed by atoms with Gasteiger partial charge in [0.05, 0.1) is 25.8 Å². The number of nitrogens with zero attached hydrogens (tertiary/aromatic N) is 1. The molecule has 2 heterocycles. The highest BCUT2D eigenvalue weighted by Gasteiger charge is 2.23. The maximum atomic E-state index is 13.4. The second-order valence-electron chi connectivity index (χ2n) is 8.15. The van der Waals surface area contributed by atoms with Gasteiger partial charge in [-0.05, 0) is 56.2 Å². The predicted molar refractivity (Wildman–Crippen MR) is 130 cm³/mol. The molecule has 0 radical (unpaired) electrons. The molecule has 2 aromatic carbocycles. The molecule has 1 aromatic heterocycles. The van der Waals surface area contributed by atoms with E-state index in [0.29, 0.717) is 40.7 Å². The third-order valence-electron chi connectivity index (χ3n) is 5.79. The van der Waals surface area contributed by atoms with Crippen molar-refractivity contribution in [1.82, 2.24) is 9.88 Å². The average molecular weight is 480 g/mol. The van der Waals surface area contributed by atoms with Gasteiger partial charge in [0.1, 0.15) is 5.75 Å². The summed E-state index contributed by atoms with van der Waals surface area (Å²) in [7, 11) is 1.57. The van der Waals surface area contributed by atoms with E-state index in [1.165, 1.54) is 0 Å². The number of H-pyrrole nitrogens is 1. The van der Waals surface area contributed by atoms with E-state index >= 15 is 0 Å². The van der Waals surface area contributed by atoms with Crippen LogP contribution in [-0.2, 0) is 17.8 Å². The third kappa shape index (κ3) is 5.34. The molecule has 2 N–H and O–H groups in total. The lowest BCUT2D eigenvalue weighted by molar-refractivity contribution is 0.0525. The van der Waals surface area contributed by atoms with Crippen molar-refractivity contribution >= 4 is 17.7 Å². The second kappa shape index (κ2) is 10.4. The normalized spacial score (nSPS) is 11.8. The molecule has 0 unspecified atom stereocenters. The van der Waals surface area contributed by atoms with Crippen LogP contribution in [0.4, 0.5) is 10.5 Å². The first kappa shape index (κ1) is 24.0. The number of aryl methyl sites for hydroxylation is 1. The number of aromatic nitrogens is 1. The molecule has 0 saturated carbocycles. The number of anilines is 1. The van der Waals surface area contributed by atoms with Crippen LogP contribution in [0.1, 0.15) is 39.8 Å². The molecule has 9 nitrogen and oxygen atoms in total. The Bertz CT molecular complexity index is 1240. The van der Waals surface area contributed by atoms with Gasteiger partial charge in [-0.2, -0.15) is 0 Å². The highest BCUT2D eigenvalue weighted by molar-refractivity contribution is 5.93. The van der Waals surface area contributed by atoms with Crippen molar-refractivity contribution in [2.75, 3.05) is 25.8 Å². The molecular formula is C26H29N3O6. The first-order chi connectivity index (χ1) is 16.9. The van der Waals surface area contributed by atoms with E-state index in [9.17, 15) is 9.59 Å². The standard InChI is InChI=1S/C26H29N3O6/c1-5-33-25(30)24-16(2)21(27-17(24)3)14-29(13-18-9-10-22-23(11-18)35-15-34-22)26(31)28-19-7-6-8-20(12-19)32-4/h6-12,27H,5,13-15H2,1-4H3,(H,28,31). The number of rotatable bonds is 8. The molecule has 0 bridgehead atoms. The molecule has 0 aliphatic carbocycles. The summed E-state index contributed by atoms with van der Waals surface area (Å²) < 4.78 is 21.4. The van der Waals surface area contributed by atoms with Crippen LogP contribution < -0.4 is 19.5 Å². The van der Waals surface area contributed by atoms with Gasteiger partial charge in [-0.25, -0.2) is 9.59 Å². The summed E-state index contributed by atoms with van der Waals surface area (Å²) in [6.07, 6.45) is 0. The van der Waals surface area contributed by atoms with E-state index in [4.69, 9.17) is 18.9 Å². The van der Waals surface area contributed by atoms with Crippen LogP contribution in [0.25, 0.3) is 0 Å². The fraction of sp³-hybridized carbons (Fsp3) is 0.308. The fourth-order valence-electron chi connectivity index (χ4n) is 4.04. The summed E-state index contributed by atoms with van der Waals surface area (Å²) in [4.78, 5) is 30.8. The number of urea groups is 1. The van der Waals surface area contributed by atoms with E-state index in [-0.39, 0.29) is 31.9 Å². The smallest absolute Gasteiger partial charge is 0.340 e. The zero-order valence-corrected chi connectivity index (χ0v) is 20.3. The minimum atomic E-state index is -0.381. The zero-order chi connectivity index (χ0) is 24.9. The van der Waals surface area contributed by atoms with Gasteiger partial charge < -0.3 is 34.1 Å². The van der Waals surface area contributed by atoms with E-state index < -0.39 is 0 Å². The van der Waals surface area contributed by atoms with Gasteiger partial charge in [-0.15, -0.1) is 0 Å². The Hall–Kier alpha value is -4.14. The SMILES string of the molecule is CCOC(=O)c1c(C)[nH]c(CN(Cc2ccc3c(c2)OCO3)C(=O)Nc2cccc(OC)c2)c1C. The number of aromatic amines is 1. The van der Waals surface area contributed by atoms with Crippen molar-refractivity contribution < 1.29 is 28.5 Å². The Balaban J connectivity index is 1.61. The molecule has 0 saturated heterocycles. The second-order valence-corrected chi connectivity index (χ2v) is 8.15. The molecule has 4 rings (SSSR count). The Labute approximate surface area is 203 Å². The largest absolute Gasteiger partial charge is 0.497 e. The Kier molecular flexibility index (Phi) is 7.14. The van der Waals surface area contributed by atoms with Gasteiger partial charge in [0.25, 0.3) is 0 Å². The van der Waals surface area contributed by atoms with Crippen molar-refractivity contribution in [2.24, 2.45) is 0 Å². The van der Waals surface area contributed by atoms with Crippen LogP contribution in [0.2, 0.25) is 0 Å². The quantitative estimate of drug-likeness (QED) is 0.451. The minimum Gasteiger partial charge on any atom is -0.497 e. The van der Waals surface area contributed by atoms with E-state index in [0.717, 1.165) is 16.8 Å². The van der Waals surface area contributed by atoms with Gasteiger partial charge in [0, 0.05) is 29.7 Å². The van der Waals surface area contributed by atoms with Crippen molar-refractivity contribution in [3.05, 3.63) is 70.5 Å². The van der Waals surface area contributed by atoms with Gasteiger partial charge in [-0.1, -0.05) is 12.1 Å². The summed E-state index contributed by atoms with van der Waals surface area (Å²) in [5.41, 5.74) is 4.20. The molecule has 1 aliphatic rings. The lowest BCUT2D eigenvalue weighted by atomic mass is 10.1. The summed E-state index contributed by atoms with van der Waals surface area (Å²) in [5, 5.41) is 2.94. The van der Waals surface area contributed by atoms with Gasteiger partial charge >= 0.3 is 12.0 Å². The average Bonchev–Trinajstić information content (AvgIpc) is 3.42. The van der Waals surface area contributed by atoms with E-state index in [2.05, 4.69) is 10.3 Å². The third-order valence-corrected chi connectivity index (χ3v) is 5.79. The fourth-order valence-corrected chi connectivity index (χ4v) is 4.04. The number of carbonyl (C=O) groups is 2. The highest BCUT2D eigenvalue weighted by Crippen LogP contribution is 2.33. The van der Waals surface area contributed by atoms with Crippen LogP contribution in [0, 0.1) is 13.8 Å². The summed E-state index contributed by atoms with van der Waals surface area (Å²) in [6, 6.07) is 12.4. The van der Waals surface area contributed by atoms with Crippen molar-refractivity contribution in [3.8, 4) is 17.2 Å². The maximum absolute atomic E-state index is 13.4. The molecule has 35 heavy (non-hydrogen) atoms. The summed E-state index contributed by atoms with van der Waals surface area (Å²) >= 11 is 0. The number of benzene rings is 2. The van der Waals surface area contributed by atoms with Crippen LogP contribution in [0.5, 0.6) is 17.2 Å². The first-order valence-electron chi connectivity index (χ1n) is 11.3. The van der Waals surface area contributed by atoms with E-state index in [1.54, 1.807) is 37.1 Å². The number of amides is 2. The number of esters is 1. The number of hydrogen-bond donors (Lipinski definition) is 2. The monoisotopic (exact) mass is 479 g/mol. The highest BCUT2D eigenvalue weighted by atomic mass is 16.7. The molecule has 0 fully saturated rings. The first-order valence-corrected chi connectivity index (χ1v) is 11.3.